The molecule has 0 spiro atoms. The number of benzene rings is 1. The summed E-state index contributed by atoms with van der Waals surface area (Å²) in [5.41, 5.74) is 0.985. The molecule has 1 saturated heterocycles. The first-order chi connectivity index (χ1) is 10.2. The Balaban J connectivity index is 1.49. The number of nitrogens with zero attached hydrogens (tertiary/aromatic N) is 4. The summed E-state index contributed by atoms with van der Waals surface area (Å²) in [5.74, 6) is 1.42. The largest absolute Gasteiger partial charge is 0.497 e. The second-order valence-corrected chi connectivity index (χ2v) is 5.31. The van der Waals surface area contributed by atoms with Crippen LogP contribution in [0.15, 0.2) is 36.9 Å². The molecular weight excluding hydrogens is 268 g/mol. The zero-order valence-corrected chi connectivity index (χ0v) is 12.0. The molecule has 0 bridgehead atoms. The first-order valence-corrected chi connectivity index (χ1v) is 6.97. The van der Waals surface area contributed by atoms with Crippen molar-refractivity contribution < 1.29 is 9.53 Å². The van der Waals surface area contributed by atoms with Gasteiger partial charge in [0.1, 0.15) is 18.4 Å². The van der Waals surface area contributed by atoms with E-state index < -0.39 is 0 Å². The van der Waals surface area contributed by atoms with Crippen molar-refractivity contribution in [1.29, 1.82) is 0 Å². The number of rotatable bonds is 5. The molecule has 1 fully saturated rings. The van der Waals surface area contributed by atoms with E-state index in [0.717, 1.165) is 30.9 Å². The Morgan fingerprint density at radius 3 is 3.00 bits per heavy atom. The van der Waals surface area contributed by atoms with Gasteiger partial charge < -0.3 is 9.64 Å². The van der Waals surface area contributed by atoms with Crippen LogP contribution in [-0.2, 0) is 17.8 Å². The molecule has 1 aromatic carbocycles. The van der Waals surface area contributed by atoms with Crippen LogP contribution in [0.1, 0.15) is 5.56 Å². The molecule has 6 nitrogen and oxygen atoms in total. The number of likely N-dealkylation sites (tertiary alicyclic amines) is 1. The van der Waals surface area contributed by atoms with Crippen molar-refractivity contribution in [2.45, 2.75) is 13.0 Å². The van der Waals surface area contributed by atoms with Gasteiger partial charge in [-0.2, -0.15) is 5.10 Å². The third-order valence-corrected chi connectivity index (χ3v) is 3.71. The minimum atomic E-state index is 0.165. The van der Waals surface area contributed by atoms with Gasteiger partial charge in [-0.05, 0) is 17.7 Å². The van der Waals surface area contributed by atoms with Gasteiger partial charge in [0.15, 0.2) is 0 Å². The van der Waals surface area contributed by atoms with Crippen LogP contribution < -0.4 is 4.74 Å². The number of hydrogen-bond donors (Lipinski definition) is 0. The maximum absolute atomic E-state index is 12.2. The molecule has 0 unspecified atom stereocenters. The van der Waals surface area contributed by atoms with Gasteiger partial charge in [-0.1, -0.05) is 12.1 Å². The molecule has 21 heavy (non-hydrogen) atoms. The van der Waals surface area contributed by atoms with Crippen molar-refractivity contribution in [3.05, 3.63) is 42.5 Å². The van der Waals surface area contributed by atoms with Gasteiger partial charge >= 0.3 is 0 Å². The fraction of sp³-hybridized carbons (Fsp3) is 0.400. The van der Waals surface area contributed by atoms with Crippen LogP contribution in [0.4, 0.5) is 0 Å². The molecule has 0 aliphatic carbocycles. The lowest BCUT2D eigenvalue weighted by molar-refractivity contribution is -0.137. The van der Waals surface area contributed by atoms with Crippen LogP contribution in [0.3, 0.4) is 0 Å². The Morgan fingerprint density at radius 2 is 2.29 bits per heavy atom. The first kappa shape index (κ1) is 13.6. The average Bonchev–Trinajstić information content (AvgIpc) is 2.95. The van der Waals surface area contributed by atoms with E-state index in [2.05, 4.69) is 10.1 Å². The number of carbonyl (C=O) groups excluding carboxylic acids is 1. The quantitative estimate of drug-likeness (QED) is 0.822. The summed E-state index contributed by atoms with van der Waals surface area (Å²) >= 11 is 0. The van der Waals surface area contributed by atoms with Gasteiger partial charge in [-0.15, -0.1) is 0 Å². The van der Waals surface area contributed by atoms with E-state index in [1.54, 1.807) is 13.4 Å². The number of amides is 1. The predicted octanol–water partition coefficient (Wildman–Crippen LogP) is 0.988. The molecule has 110 valence electrons. The molecule has 1 amide bonds. The van der Waals surface area contributed by atoms with E-state index in [-0.39, 0.29) is 5.91 Å². The summed E-state index contributed by atoms with van der Waals surface area (Å²) in [7, 11) is 1.63. The lowest BCUT2D eigenvalue weighted by Crippen LogP contribution is -2.51. The van der Waals surface area contributed by atoms with E-state index in [1.807, 2.05) is 33.8 Å². The van der Waals surface area contributed by atoms with Gasteiger partial charge in [0.2, 0.25) is 5.91 Å². The molecule has 1 aliphatic rings. The van der Waals surface area contributed by atoms with Crippen LogP contribution in [-0.4, -0.2) is 45.8 Å². The summed E-state index contributed by atoms with van der Waals surface area (Å²) in [4.78, 5) is 18.0. The number of hydrogen-bond acceptors (Lipinski definition) is 4. The zero-order chi connectivity index (χ0) is 14.7. The maximum Gasteiger partial charge on any atom is 0.227 e. The summed E-state index contributed by atoms with van der Waals surface area (Å²) in [6, 6.07) is 7.65. The summed E-state index contributed by atoms with van der Waals surface area (Å²) in [6.07, 6.45) is 3.67. The van der Waals surface area contributed by atoms with Crippen molar-refractivity contribution in [2.24, 2.45) is 5.92 Å². The van der Waals surface area contributed by atoms with Crippen LogP contribution >= 0.6 is 0 Å². The van der Waals surface area contributed by atoms with Gasteiger partial charge in [-0.25, -0.2) is 4.98 Å². The standard InChI is InChI=1S/C15H18N4O2/c1-21-14-4-2-3-12(5-14)6-15(20)18-7-13(8-18)9-19-11-16-10-17-19/h2-5,10-11,13H,6-9H2,1H3. The highest BCUT2D eigenvalue weighted by molar-refractivity contribution is 5.79. The van der Waals surface area contributed by atoms with Crippen LogP contribution in [0.2, 0.25) is 0 Å². The van der Waals surface area contributed by atoms with E-state index in [0.29, 0.717) is 12.3 Å². The smallest absolute Gasteiger partial charge is 0.227 e. The fourth-order valence-electron chi connectivity index (χ4n) is 2.55. The topological polar surface area (TPSA) is 60.2 Å². The number of ether oxygens (including phenoxy) is 1. The first-order valence-electron chi connectivity index (χ1n) is 6.97. The SMILES string of the molecule is COc1cccc(CC(=O)N2CC(Cn3cncn3)C2)c1. The number of aromatic nitrogens is 3. The molecule has 1 aliphatic heterocycles. The van der Waals surface area contributed by atoms with Crippen molar-refractivity contribution >= 4 is 5.91 Å². The molecule has 2 heterocycles. The highest BCUT2D eigenvalue weighted by Gasteiger charge is 2.30. The monoisotopic (exact) mass is 286 g/mol. The highest BCUT2D eigenvalue weighted by atomic mass is 16.5. The third kappa shape index (κ3) is 3.21. The Labute approximate surface area is 123 Å². The summed E-state index contributed by atoms with van der Waals surface area (Å²) in [5, 5.41) is 4.08. The molecule has 0 N–H and O–H groups in total. The predicted molar refractivity (Wildman–Crippen MR) is 76.8 cm³/mol. The van der Waals surface area contributed by atoms with Gasteiger partial charge in [0.05, 0.1) is 13.5 Å². The second kappa shape index (κ2) is 5.95. The Morgan fingerprint density at radius 1 is 1.43 bits per heavy atom. The van der Waals surface area contributed by atoms with Gasteiger partial charge in [0, 0.05) is 25.6 Å². The van der Waals surface area contributed by atoms with Crippen molar-refractivity contribution in [1.82, 2.24) is 19.7 Å². The van der Waals surface area contributed by atoms with E-state index >= 15 is 0 Å². The summed E-state index contributed by atoms with van der Waals surface area (Å²) < 4.78 is 6.99. The minimum Gasteiger partial charge on any atom is -0.497 e. The minimum absolute atomic E-state index is 0.165. The Hall–Kier alpha value is -2.37. The second-order valence-electron chi connectivity index (χ2n) is 5.31. The Bertz CT molecular complexity index is 606. The lowest BCUT2D eigenvalue weighted by Gasteiger charge is -2.39. The molecule has 6 heteroatoms. The molecule has 3 rings (SSSR count). The van der Waals surface area contributed by atoms with Crippen molar-refractivity contribution in [2.75, 3.05) is 20.2 Å². The third-order valence-electron chi connectivity index (χ3n) is 3.71. The average molecular weight is 286 g/mol. The van der Waals surface area contributed by atoms with Gasteiger partial charge in [0.25, 0.3) is 0 Å². The normalized spacial score (nSPS) is 14.8. The lowest BCUT2D eigenvalue weighted by atomic mass is 9.99. The molecular formula is C15H18N4O2. The van der Waals surface area contributed by atoms with Crippen LogP contribution in [0.5, 0.6) is 5.75 Å². The number of methoxy groups -OCH3 is 1. The van der Waals surface area contributed by atoms with Crippen LogP contribution in [0, 0.1) is 5.92 Å². The molecule has 0 atom stereocenters. The van der Waals surface area contributed by atoms with Crippen molar-refractivity contribution in [3.63, 3.8) is 0 Å². The molecule has 1 aromatic heterocycles. The molecule has 0 radical (unpaired) electrons. The van der Waals surface area contributed by atoms with E-state index in [9.17, 15) is 4.79 Å². The summed E-state index contributed by atoms with van der Waals surface area (Å²) in [6.45, 7) is 2.41. The van der Waals surface area contributed by atoms with E-state index in [1.165, 1.54) is 6.33 Å². The van der Waals surface area contributed by atoms with Crippen LogP contribution in [0.25, 0.3) is 0 Å². The van der Waals surface area contributed by atoms with Gasteiger partial charge in [-0.3, -0.25) is 9.48 Å². The molecule has 2 aromatic rings. The Kier molecular flexibility index (Phi) is 3.85. The fourth-order valence-corrected chi connectivity index (χ4v) is 2.55. The van der Waals surface area contributed by atoms with E-state index in [4.69, 9.17) is 4.74 Å². The molecule has 0 saturated carbocycles. The zero-order valence-electron chi connectivity index (χ0n) is 12.0. The highest BCUT2D eigenvalue weighted by Crippen LogP contribution is 2.20. The maximum atomic E-state index is 12.2. The number of carbonyl (C=O) groups is 1. The van der Waals surface area contributed by atoms with Crippen molar-refractivity contribution in [3.8, 4) is 5.75 Å².